The molecule has 0 fully saturated rings. The van der Waals surface area contributed by atoms with Gasteiger partial charge in [-0.3, -0.25) is 14.2 Å². The van der Waals surface area contributed by atoms with E-state index in [-0.39, 0.29) is 17.3 Å². The molecule has 0 aliphatic heterocycles. The molecule has 0 radical (unpaired) electrons. The summed E-state index contributed by atoms with van der Waals surface area (Å²) in [6, 6.07) is 5.28. The summed E-state index contributed by atoms with van der Waals surface area (Å²) in [5, 5.41) is 2.68. The van der Waals surface area contributed by atoms with E-state index in [1.54, 1.807) is 13.8 Å². The predicted molar refractivity (Wildman–Crippen MR) is 76.7 cm³/mol. The Bertz CT molecular complexity index is 708. The molecule has 0 atom stereocenters. The fourth-order valence-electron chi connectivity index (χ4n) is 1.83. The molecular formula is C15H16FN3O2. The zero-order chi connectivity index (χ0) is 15.4. The zero-order valence-corrected chi connectivity index (χ0v) is 11.9. The van der Waals surface area contributed by atoms with Gasteiger partial charge in [-0.15, -0.1) is 0 Å². The van der Waals surface area contributed by atoms with Gasteiger partial charge in [-0.2, -0.15) is 0 Å². The number of nitrogens with zero attached hydrogens (tertiary/aromatic N) is 2. The number of halogens is 1. The van der Waals surface area contributed by atoms with Crippen molar-refractivity contribution < 1.29 is 9.18 Å². The molecule has 0 aliphatic rings. The van der Waals surface area contributed by atoms with Gasteiger partial charge in [-0.1, -0.05) is 0 Å². The van der Waals surface area contributed by atoms with Crippen molar-refractivity contribution in [2.45, 2.75) is 20.4 Å². The maximum atomic E-state index is 12.8. The SMILES string of the molecule is Cc1ncn(CCNC(=O)c2ccc(F)cc2)c(=O)c1C. The van der Waals surface area contributed by atoms with E-state index >= 15 is 0 Å². The van der Waals surface area contributed by atoms with Crippen molar-refractivity contribution in [3.63, 3.8) is 0 Å². The Hall–Kier alpha value is -2.50. The van der Waals surface area contributed by atoms with Crippen LogP contribution in [0.25, 0.3) is 0 Å². The number of nitrogens with one attached hydrogen (secondary N) is 1. The third-order valence-electron chi connectivity index (χ3n) is 3.26. The maximum Gasteiger partial charge on any atom is 0.256 e. The molecule has 1 heterocycles. The fourth-order valence-corrected chi connectivity index (χ4v) is 1.83. The van der Waals surface area contributed by atoms with Crippen LogP contribution in [-0.4, -0.2) is 22.0 Å². The molecule has 21 heavy (non-hydrogen) atoms. The molecule has 0 saturated carbocycles. The first-order valence-corrected chi connectivity index (χ1v) is 6.55. The van der Waals surface area contributed by atoms with Crippen molar-refractivity contribution in [1.29, 1.82) is 0 Å². The Morgan fingerprint density at radius 1 is 1.29 bits per heavy atom. The minimum absolute atomic E-state index is 0.112. The molecule has 5 nitrogen and oxygen atoms in total. The van der Waals surface area contributed by atoms with Crippen molar-refractivity contribution in [3.05, 3.63) is 63.6 Å². The first-order valence-electron chi connectivity index (χ1n) is 6.55. The molecule has 0 bridgehead atoms. The van der Waals surface area contributed by atoms with Crippen LogP contribution in [0.3, 0.4) is 0 Å². The van der Waals surface area contributed by atoms with E-state index in [2.05, 4.69) is 10.3 Å². The molecule has 1 amide bonds. The first kappa shape index (κ1) is 14.9. The molecule has 6 heteroatoms. The molecule has 0 spiro atoms. The van der Waals surface area contributed by atoms with E-state index in [0.717, 1.165) is 0 Å². The van der Waals surface area contributed by atoms with Gasteiger partial charge in [0.25, 0.3) is 11.5 Å². The highest BCUT2D eigenvalue weighted by molar-refractivity contribution is 5.94. The van der Waals surface area contributed by atoms with Crippen LogP contribution >= 0.6 is 0 Å². The van der Waals surface area contributed by atoms with Gasteiger partial charge >= 0.3 is 0 Å². The van der Waals surface area contributed by atoms with Gasteiger partial charge in [0.1, 0.15) is 5.82 Å². The van der Waals surface area contributed by atoms with Crippen LogP contribution in [0.5, 0.6) is 0 Å². The molecule has 1 aromatic carbocycles. The molecule has 0 unspecified atom stereocenters. The average Bonchev–Trinajstić information content (AvgIpc) is 2.48. The van der Waals surface area contributed by atoms with Gasteiger partial charge < -0.3 is 5.32 Å². The van der Waals surface area contributed by atoms with Gasteiger partial charge in [0, 0.05) is 29.9 Å². The Morgan fingerprint density at radius 3 is 2.62 bits per heavy atom. The lowest BCUT2D eigenvalue weighted by Gasteiger charge is -2.09. The molecule has 2 aromatic rings. The van der Waals surface area contributed by atoms with Crippen LogP contribution in [0.1, 0.15) is 21.6 Å². The summed E-state index contributed by atoms with van der Waals surface area (Å²) in [5.74, 6) is -0.695. The largest absolute Gasteiger partial charge is 0.350 e. The quantitative estimate of drug-likeness (QED) is 0.926. The third-order valence-corrected chi connectivity index (χ3v) is 3.26. The topological polar surface area (TPSA) is 64.0 Å². The summed E-state index contributed by atoms with van der Waals surface area (Å²) in [6.07, 6.45) is 1.47. The van der Waals surface area contributed by atoms with Gasteiger partial charge in [-0.05, 0) is 38.1 Å². The molecule has 2 rings (SSSR count). The van der Waals surface area contributed by atoms with Crippen LogP contribution in [0, 0.1) is 19.7 Å². The van der Waals surface area contributed by atoms with Crippen molar-refractivity contribution in [1.82, 2.24) is 14.9 Å². The zero-order valence-electron chi connectivity index (χ0n) is 11.9. The van der Waals surface area contributed by atoms with E-state index in [9.17, 15) is 14.0 Å². The first-order chi connectivity index (χ1) is 9.99. The van der Waals surface area contributed by atoms with Crippen LogP contribution in [-0.2, 0) is 6.54 Å². The van der Waals surface area contributed by atoms with Gasteiger partial charge in [-0.25, -0.2) is 9.37 Å². The minimum atomic E-state index is -0.390. The standard InChI is InChI=1S/C15H16FN3O2/c1-10-11(2)18-9-19(15(10)21)8-7-17-14(20)12-3-5-13(16)6-4-12/h3-6,9H,7-8H2,1-2H3,(H,17,20). The number of hydrogen-bond donors (Lipinski definition) is 1. The van der Waals surface area contributed by atoms with E-state index in [1.807, 2.05) is 0 Å². The number of carbonyl (C=O) groups is 1. The normalized spacial score (nSPS) is 10.4. The second-order valence-electron chi connectivity index (χ2n) is 4.72. The summed E-state index contributed by atoms with van der Waals surface area (Å²) in [6.45, 7) is 4.12. The highest BCUT2D eigenvalue weighted by Gasteiger charge is 2.06. The highest BCUT2D eigenvalue weighted by Crippen LogP contribution is 2.02. The lowest BCUT2D eigenvalue weighted by atomic mass is 10.2. The van der Waals surface area contributed by atoms with E-state index < -0.39 is 0 Å². The summed E-state index contributed by atoms with van der Waals surface area (Å²) in [7, 11) is 0. The molecule has 1 N–H and O–H groups in total. The number of rotatable bonds is 4. The number of carbonyl (C=O) groups excluding carboxylic acids is 1. The third kappa shape index (κ3) is 3.53. The Morgan fingerprint density at radius 2 is 1.95 bits per heavy atom. The van der Waals surface area contributed by atoms with Crippen LogP contribution in [0.4, 0.5) is 4.39 Å². The van der Waals surface area contributed by atoms with Crippen molar-refractivity contribution in [2.24, 2.45) is 0 Å². The smallest absolute Gasteiger partial charge is 0.256 e. The van der Waals surface area contributed by atoms with Crippen LogP contribution in [0.15, 0.2) is 35.4 Å². The number of amides is 1. The second-order valence-corrected chi connectivity index (χ2v) is 4.72. The van der Waals surface area contributed by atoms with Gasteiger partial charge in [0.2, 0.25) is 0 Å². The molecule has 0 saturated heterocycles. The fraction of sp³-hybridized carbons (Fsp3) is 0.267. The highest BCUT2D eigenvalue weighted by atomic mass is 19.1. The van der Waals surface area contributed by atoms with Crippen LogP contribution in [0.2, 0.25) is 0 Å². The number of aryl methyl sites for hydroxylation is 1. The van der Waals surface area contributed by atoms with Crippen LogP contribution < -0.4 is 10.9 Å². The minimum Gasteiger partial charge on any atom is -0.350 e. The average molecular weight is 289 g/mol. The van der Waals surface area contributed by atoms with Gasteiger partial charge in [0.05, 0.1) is 6.33 Å². The van der Waals surface area contributed by atoms with Crippen molar-refractivity contribution in [3.8, 4) is 0 Å². The number of hydrogen-bond acceptors (Lipinski definition) is 3. The van der Waals surface area contributed by atoms with E-state index in [0.29, 0.717) is 29.9 Å². The van der Waals surface area contributed by atoms with Crippen molar-refractivity contribution >= 4 is 5.91 Å². The van der Waals surface area contributed by atoms with Crippen molar-refractivity contribution in [2.75, 3.05) is 6.54 Å². The lowest BCUT2D eigenvalue weighted by Crippen LogP contribution is -2.32. The molecular weight excluding hydrogens is 273 g/mol. The molecule has 110 valence electrons. The summed E-state index contributed by atoms with van der Waals surface area (Å²) in [4.78, 5) is 27.9. The molecule has 1 aromatic heterocycles. The predicted octanol–water partition coefficient (Wildman–Crippen LogP) is 1.43. The monoisotopic (exact) mass is 289 g/mol. The number of aromatic nitrogens is 2. The second kappa shape index (κ2) is 6.30. The lowest BCUT2D eigenvalue weighted by molar-refractivity contribution is 0.0952. The maximum absolute atomic E-state index is 12.8. The number of benzene rings is 1. The Labute approximate surface area is 121 Å². The van der Waals surface area contributed by atoms with E-state index in [4.69, 9.17) is 0 Å². The molecule has 0 aliphatic carbocycles. The Kier molecular flexibility index (Phi) is 4.47. The summed E-state index contributed by atoms with van der Waals surface area (Å²) >= 11 is 0. The summed E-state index contributed by atoms with van der Waals surface area (Å²) in [5.41, 5.74) is 1.56. The Balaban J connectivity index is 1.96. The summed E-state index contributed by atoms with van der Waals surface area (Å²) < 4.78 is 14.2. The van der Waals surface area contributed by atoms with Gasteiger partial charge in [0.15, 0.2) is 0 Å². The van der Waals surface area contributed by atoms with E-state index in [1.165, 1.54) is 35.2 Å².